The number of nitrogen functional groups attached to an aromatic ring is 1. The summed E-state index contributed by atoms with van der Waals surface area (Å²) >= 11 is 0. The van der Waals surface area contributed by atoms with E-state index in [9.17, 15) is 4.79 Å². The first kappa shape index (κ1) is 11.7. The minimum absolute atomic E-state index is 0.0523. The number of H-pyrrole nitrogens is 1. The summed E-state index contributed by atoms with van der Waals surface area (Å²) < 4.78 is 0. The molecule has 6 nitrogen and oxygen atoms in total. The topological polar surface area (TPSA) is 87.9 Å². The van der Waals surface area contributed by atoms with Gasteiger partial charge in [0.25, 0.3) is 5.91 Å². The molecule has 1 amide bonds. The number of carbonyl (C=O) groups excluding carboxylic acids is 1. The minimum Gasteiger partial charge on any atom is -0.382 e. The molecule has 1 saturated heterocycles. The van der Waals surface area contributed by atoms with Crippen LogP contribution in [-0.4, -0.2) is 32.5 Å². The molecule has 1 atom stereocenters. The third-order valence-electron chi connectivity index (χ3n) is 3.43. The quantitative estimate of drug-likeness (QED) is 0.850. The largest absolute Gasteiger partial charge is 0.382 e. The highest BCUT2D eigenvalue weighted by Crippen LogP contribution is 2.32. The van der Waals surface area contributed by atoms with E-state index in [-0.39, 0.29) is 11.9 Å². The first-order valence-electron chi connectivity index (χ1n) is 6.27. The number of aromatic nitrogens is 3. The summed E-state index contributed by atoms with van der Waals surface area (Å²) in [6.07, 6.45) is 5.48. The average molecular weight is 257 g/mol. The van der Waals surface area contributed by atoms with Gasteiger partial charge in [-0.15, -0.1) is 0 Å². The summed E-state index contributed by atoms with van der Waals surface area (Å²) in [5.41, 5.74) is 7.10. The van der Waals surface area contributed by atoms with Crippen LogP contribution in [0.2, 0.25) is 0 Å². The van der Waals surface area contributed by atoms with Crippen LogP contribution in [0, 0.1) is 0 Å². The lowest BCUT2D eigenvalue weighted by atomic mass is 10.1. The second-order valence-corrected chi connectivity index (χ2v) is 4.64. The van der Waals surface area contributed by atoms with Gasteiger partial charge in [-0.05, 0) is 30.5 Å². The summed E-state index contributed by atoms with van der Waals surface area (Å²) in [4.78, 5) is 18.3. The Balaban J connectivity index is 1.86. The van der Waals surface area contributed by atoms with Crippen LogP contribution in [-0.2, 0) is 0 Å². The highest BCUT2D eigenvalue weighted by molar-refractivity contribution is 5.93. The van der Waals surface area contributed by atoms with Crippen molar-refractivity contribution in [1.29, 1.82) is 0 Å². The van der Waals surface area contributed by atoms with Crippen molar-refractivity contribution in [2.75, 3.05) is 12.3 Å². The molecule has 19 heavy (non-hydrogen) atoms. The van der Waals surface area contributed by atoms with Gasteiger partial charge in [-0.25, -0.2) is 0 Å². The Hall–Kier alpha value is -2.37. The van der Waals surface area contributed by atoms with Gasteiger partial charge in [-0.2, -0.15) is 5.10 Å². The number of likely N-dealkylation sites (tertiary alicyclic amines) is 1. The van der Waals surface area contributed by atoms with Crippen LogP contribution in [0.25, 0.3) is 0 Å². The number of hydrogen-bond donors (Lipinski definition) is 2. The molecule has 3 N–H and O–H groups in total. The zero-order valence-corrected chi connectivity index (χ0v) is 10.4. The van der Waals surface area contributed by atoms with Gasteiger partial charge in [-0.3, -0.25) is 14.9 Å². The van der Waals surface area contributed by atoms with Crippen molar-refractivity contribution in [2.45, 2.75) is 18.9 Å². The third kappa shape index (κ3) is 2.16. The van der Waals surface area contributed by atoms with Crippen LogP contribution >= 0.6 is 0 Å². The second-order valence-electron chi connectivity index (χ2n) is 4.64. The van der Waals surface area contributed by atoms with Crippen molar-refractivity contribution in [2.24, 2.45) is 0 Å². The molecule has 6 heteroatoms. The fourth-order valence-corrected chi connectivity index (χ4v) is 2.54. The summed E-state index contributed by atoms with van der Waals surface area (Å²) in [6.45, 7) is 0.755. The number of anilines is 1. The maximum Gasteiger partial charge on any atom is 0.272 e. The van der Waals surface area contributed by atoms with E-state index in [4.69, 9.17) is 5.73 Å². The van der Waals surface area contributed by atoms with Crippen LogP contribution in [0.4, 0.5) is 5.82 Å². The van der Waals surface area contributed by atoms with Gasteiger partial charge >= 0.3 is 0 Å². The van der Waals surface area contributed by atoms with Crippen molar-refractivity contribution in [3.63, 3.8) is 0 Å². The fraction of sp³-hybridized carbons (Fsp3) is 0.308. The standard InChI is InChI=1S/C13H15N5O/c14-12-8-10(16-17-12)13(19)18-7-1-2-11(18)9-3-5-15-6-4-9/h3-6,8,11H,1-2,7H2,(H3,14,16,17). The molecule has 0 bridgehead atoms. The molecule has 0 radical (unpaired) electrons. The number of aromatic amines is 1. The van der Waals surface area contributed by atoms with E-state index >= 15 is 0 Å². The highest BCUT2D eigenvalue weighted by Gasteiger charge is 2.31. The van der Waals surface area contributed by atoms with Crippen molar-refractivity contribution < 1.29 is 4.79 Å². The molecule has 2 aromatic rings. The normalized spacial score (nSPS) is 18.7. The molecule has 98 valence electrons. The SMILES string of the molecule is Nc1cc(C(=O)N2CCCC2c2ccncc2)[nH]n1. The Bertz CT molecular complexity index is 580. The highest BCUT2D eigenvalue weighted by atomic mass is 16.2. The first-order valence-corrected chi connectivity index (χ1v) is 6.27. The number of carbonyl (C=O) groups is 1. The lowest BCUT2D eigenvalue weighted by molar-refractivity contribution is 0.0729. The van der Waals surface area contributed by atoms with Crippen molar-refractivity contribution in [3.05, 3.63) is 41.9 Å². The average Bonchev–Trinajstić information content (AvgIpc) is 3.07. The van der Waals surface area contributed by atoms with Gasteiger partial charge in [0, 0.05) is 25.0 Å². The molecule has 1 unspecified atom stereocenters. The Morgan fingerprint density at radius 2 is 2.21 bits per heavy atom. The van der Waals surface area contributed by atoms with E-state index in [2.05, 4.69) is 15.2 Å². The minimum atomic E-state index is -0.0523. The number of nitrogens with one attached hydrogen (secondary N) is 1. The predicted octanol–water partition coefficient (Wildman–Crippen LogP) is 1.36. The van der Waals surface area contributed by atoms with E-state index in [0.717, 1.165) is 24.9 Å². The Morgan fingerprint density at radius 1 is 1.42 bits per heavy atom. The predicted molar refractivity (Wildman–Crippen MR) is 70.2 cm³/mol. The summed E-state index contributed by atoms with van der Waals surface area (Å²) in [6, 6.07) is 5.60. The molecule has 2 aromatic heterocycles. The molecule has 1 fully saturated rings. The van der Waals surface area contributed by atoms with E-state index in [0.29, 0.717) is 11.5 Å². The number of nitrogens with two attached hydrogens (primary N) is 1. The Morgan fingerprint density at radius 3 is 2.89 bits per heavy atom. The Labute approximate surface area is 110 Å². The molecular formula is C13H15N5O. The second kappa shape index (κ2) is 4.72. The van der Waals surface area contributed by atoms with Crippen LogP contribution in [0.1, 0.15) is 34.9 Å². The number of nitrogens with zero attached hydrogens (tertiary/aromatic N) is 3. The number of pyridine rings is 1. The van der Waals surface area contributed by atoms with Crippen LogP contribution in [0.5, 0.6) is 0 Å². The maximum absolute atomic E-state index is 12.4. The van der Waals surface area contributed by atoms with E-state index in [1.54, 1.807) is 18.5 Å². The van der Waals surface area contributed by atoms with Gasteiger partial charge in [0.15, 0.2) is 0 Å². The molecule has 3 heterocycles. The van der Waals surface area contributed by atoms with E-state index < -0.39 is 0 Å². The number of rotatable bonds is 2. The number of hydrogen-bond acceptors (Lipinski definition) is 4. The molecular weight excluding hydrogens is 242 g/mol. The smallest absolute Gasteiger partial charge is 0.272 e. The molecule has 3 rings (SSSR count). The van der Waals surface area contributed by atoms with Crippen LogP contribution in [0.3, 0.4) is 0 Å². The van der Waals surface area contributed by atoms with Crippen molar-refractivity contribution >= 4 is 11.7 Å². The van der Waals surface area contributed by atoms with Crippen molar-refractivity contribution in [1.82, 2.24) is 20.1 Å². The van der Waals surface area contributed by atoms with Crippen LogP contribution < -0.4 is 5.73 Å². The number of amides is 1. The van der Waals surface area contributed by atoms with Crippen LogP contribution in [0.15, 0.2) is 30.6 Å². The Kier molecular flexibility index (Phi) is 2.91. The van der Waals surface area contributed by atoms with Gasteiger partial charge < -0.3 is 10.6 Å². The summed E-state index contributed by atoms with van der Waals surface area (Å²) in [7, 11) is 0. The summed E-state index contributed by atoms with van der Waals surface area (Å²) in [5, 5.41) is 6.48. The van der Waals surface area contributed by atoms with Gasteiger partial charge in [0.2, 0.25) is 0 Å². The van der Waals surface area contributed by atoms with Gasteiger partial charge in [0.05, 0.1) is 6.04 Å². The van der Waals surface area contributed by atoms with E-state index in [1.807, 2.05) is 17.0 Å². The monoisotopic (exact) mass is 257 g/mol. The summed E-state index contributed by atoms with van der Waals surface area (Å²) in [5.74, 6) is 0.284. The lowest BCUT2D eigenvalue weighted by Gasteiger charge is -2.24. The molecule has 1 aliphatic heterocycles. The maximum atomic E-state index is 12.4. The molecule has 0 aromatic carbocycles. The zero-order chi connectivity index (χ0) is 13.2. The van der Waals surface area contributed by atoms with Crippen molar-refractivity contribution in [3.8, 4) is 0 Å². The molecule has 1 aliphatic rings. The zero-order valence-electron chi connectivity index (χ0n) is 10.4. The van der Waals surface area contributed by atoms with Gasteiger partial charge in [0.1, 0.15) is 11.5 Å². The molecule has 0 spiro atoms. The molecule has 0 aliphatic carbocycles. The van der Waals surface area contributed by atoms with Gasteiger partial charge in [-0.1, -0.05) is 0 Å². The lowest BCUT2D eigenvalue weighted by Crippen LogP contribution is -2.30. The fourth-order valence-electron chi connectivity index (χ4n) is 2.54. The van der Waals surface area contributed by atoms with E-state index in [1.165, 1.54) is 0 Å². The first-order chi connectivity index (χ1) is 9.25. The third-order valence-corrected chi connectivity index (χ3v) is 3.43. The molecule has 0 saturated carbocycles.